The summed E-state index contributed by atoms with van der Waals surface area (Å²) in [5, 5.41) is 3.27. The predicted molar refractivity (Wildman–Crippen MR) is 81.1 cm³/mol. The van der Waals surface area contributed by atoms with Crippen LogP contribution in [0.25, 0.3) is 0 Å². The van der Waals surface area contributed by atoms with Crippen LogP contribution >= 0.6 is 0 Å². The normalized spacial score (nSPS) is 35.4. The molecule has 2 amide bonds. The minimum atomic E-state index is -0.527. The van der Waals surface area contributed by atoms with E-state index in [4.69, 9.17) is 5.73 Å². The van der Waals surface area contributed by atoms with Crippen molar-refractivity contribution in [2.24, 2.45) is 23.5 Å². The summed E-state index contributed by atoms with van der Waals surface area (Å²) in [5.41, 5.74) is 5.86. The van der Waals surface area contributed by atoms with Crippen molar-refractivity contribution in [1.82, 2.24) is 10.3 Å². The van der Waals surface area contributed by atoms with Crippen molar-refractivity contribution in [3.63, 3.8) is 0 Å². The standard InChI is InChI=1S/C17H21N3O2/c18-15(21)13-1-2-14(19-9-13)16(22)20-17-6-10-3-11(7-17)5-12(4-10)8-17/h1-2,9-12H,3-8H2,(H2,18,21)(H,20,22). The Morgan fingerprint density at radius 3 is 2.14 bits per heavy atom. The zero-order valence-corrected chi connectivity index (χ0v) is 12.5. The fourth-order valence-electron chi connectivity index (χ4n) is 5.24. The van der Waals surface area contributed by atoms with Gasteiger partial charge in [-0.15, -0.1) is 0 Å². The van der Waals surface area contributed by atoms with E-state index in [1.54, 1.807) is 12.1 Å². The van der Waals surface area contributed by atoms with E-state index >= 15 is 0 Å². The number of rotatable bonds is 3. The van der Waals surface area contributed by atoms with E-state index in [0.717, 1.165) is 37.0 Å². The number of amides is 2. The molecule has 1 aromatic rings. The Labute approximate surface area is 129 Å². The molecule has 5 nitrogen and oxygen atoms in total. The van der Waals surface area contributed by atoms with E-state index in [1.165, 1.54) is 25.5 Å². The number of primary amides is 1. The molecule has 22 heavy (non-hydrogen) atoms. The lowest BCUT2D eigenvalue weighted by Gasteiger charge is -2.56. The number of hydrogen-bond donors (Lipinski definition) is 2. The first-order valence-corrected chi connectivity index (χ1v) is 8.11. The van der Waals surface area contributed by atoms with Gasteiger partial charge in [-0.3, -0.25) is 14.6 Å². The molecular formula is C17H21N3O2. The third kappa shape index (κ3) is 2.28. The summed E-state index contributed by atoms with van der Waals surface area (Å²) in [6, 6.07) is 3.14. The first-order valence-electron chi connectivity index (χ1n) is 8.11. The second-order valence-corrected chi connectivity index (χ2v) is 7.45. The van der Waals surface area contributed by atoms with Gasteiger partial charge in [-0.1, -0.05) is 0 Å². The van der Waals surface area contributed by atoms with E-state index in [0.29, 0.717) is 11.3 Å². The first kappa shape index (κ1) is 13.7. The van der Waals surface area contributed by atoms with Crippen LogP contribution in [0.1, 0.15) is 59.4 Å². The Balaban J connectivity index is 1.51. The number of nitrogens with one attached hydrogen (secondary N) is 1. The zero-order chi connectivity index (χ0) is 15.3. The summed E-state index contributed by atoms with van der Waals surface area (Å²) in [7, 11) is 0. The smallest absolute Gasteiger partial charge is 0.270 e. The van der Waals surface area contributed by atoms with Crippen LogP contribution in [-0.4, -0.2) is 22.3 Å². The van der Waals surface area contributed by atoms with Crippen molar-refractivity contribution in [2.75, 3.05) is 0 Å². The van der Waals surface area contributed by atoms with Crippen molar-refractivity contribution < 1.29 is 9.59 Å². The molecule has 1 aromatic heterocycles. The number of aromatic nitrogens is 1. The van der Waals surface area contributed by atoms with Crippen molar-refractivity contribution in [3.05, 3.63) is 29.6 Å². The van der Waals surface area contributed by atoms with Gasteiger partial charge in [-0.2, -0.15) is 0 Å². The van der Waals surface area contributed by atoms with Gasteiger partial charge in [0, 0.05) is 11.7 Å². The van der Waals surface area contributed by atoms with E-state index in [2.05, 4.69) is 10.3 Å². The highest BCUT2D eigenvalue weighted by Gasteiger charge is 2.51. The Morgan fingerprint density at radius 2 is 1.68 bits per heavy atom. The monoisotopic (exact) mass is 299 g/mol. The molecule has 4 aliphatic rings. The first-order chi connectivity index (χ1) is 10.5. The Kier molecular flexibility index (Phi) is 2.99. The van der Waals surface area contributed by atoms with Crippen LogP contribution in [-0.2, 0) is 0 Å². The third-order valence-corrected chi connectivity index (χ3v) is 5.70. The summed E-state index contributed by atoms with van der Waals surface area (Å²) in [6.45, 7) is 0. The third-order valence-electron chi connectivity index (χ3n) is 5.70. The number of carbonyl (C=O) groups is 2. The molecule has 0 unspecified atom stereocenters. The molecule has 0 aliphatic heterocycles. The van der Waals surface area contributed by atoms with E-state index in [1.807, 2.05) is 0 Å². The van der Waals surface area contributed by atoms with Crippen LogP contribution in [0, 0.1) is 17.8 Å². The fourth-order valence-corrected chi connectivity index (χ4v) is 5.24. The Hall–Kier alpha value is -1.91. The van der Waals surface area contributed by atoms with Gasteiger partial charge in [0.1, 0.15) is 5.69 Å². The highest BCUT2D eigenvalue weighted by atomic mass is 16.2. The lowest BCUT2D eigenvalue weighted by molar-refractivity contribution is -0.0167. The maximum absolute atomic E-state index is 12.5. The average Bonchev–Trinajstić information content (AvgIpc) is 2.45. The maximum atomic E-state index is 12.5. The minimum absolute atomic E-state index is 0.0180. The molecule has 116 valence electrons. The van der Waals surface area contributed by atoms with Crippen LogP contribution in [0.2, 0.25) is 0 Å². The van der Waals surface area contributed by atoms with Crippen LogP contribution in [0.4, 0.5) is 0 Å². The molecular weight excluding hydrogens is 278 g/mol. The molecule has 0 saturated heterocycles. The minimum Gasteiger partial charge on any atom is -0.366 e. The summed E-state index contributed by atoms with van der Waals surface area (Å²) in [5.74, 6) is 1.71. The van der Waals surface area contributed by atoms with E-state index in [9.17, 15) is 9.59 Å². The van der Waals surface area contributed by atoms with Crippen LogP contribution in [0.15, 0.2) is 18.3 Å². The number of hydrogen-bond acceptors (Lipinski definition) is 3. The Bertz CT molecular complexity index is 588. The van der Waals surface area contributed by atoms with Crippen molar-refractivity contribution >= 4 is 11.8 Å². The summed E-state index contributed by atoms with van der Waals surface area (Å²) >= 11 is 0. The van der Waals surface area contributed by atoms with Crippen LogP contribution in [0.5, 0.6) is 0 Å². The number of nitrogens with zero attached hydrogens (tertiary/aromatic N) is 1. The topological polar surface area (TPSA) is 85.1 Å². The Morgan fingerprint density at radius 1 is 1.09 bits per heavy atom. The number of nitrogens with two attached hydrogens (primary N) is 1. The quantitative estimate of drug-likeness (QED) is 0.893. The molecule has 0 atom stereocenters. The van der Waals surface area contributed by atoms with Gasteiger partial charge in [0.15, 0.2) is 0 Å². The summed E-state index contributed by atoms with van der Waals surface area (Å²) in [4.78, 5) is 27.7. The predicted octanol–water partition coefficient (Wildman–Crippen LogP) is 1.88. The second-order valence-electron chi connectivity index (χ2n) is 7.45. The fraction of sp³-hybridized carbons (Fsp3) is 0.588. The molecule has 0 radical (unpaired) electrons. The van der Waals surface area contributed by atoms with Gasteiger partial charge in [0.25, 0.3) is 5.91 Å². The van der Waals surface area contributed by atoms with Crippen molar-refractivity contribution in [3.8, 4) is 0 Å². The lowest BCUT2D eigenvalue weighted by atomic mass is 9.53. The molecule has 4 saturated carbocycles. The van der Waals surface area contributed by atoms with Gasteiger partial charge < -0.3 is 11.1 Å². The number of pyridine rings is 1. The van der Waals surface area contributed by atoms with Crippen molar-refractivity contribution in [2.45, 2.75) is 44.1 Å². The van der Waals surface area contributed by atoms with Gasteiger partial charge in [0.05, 0.1) is 5.56 Å². The van der Waals surface area contributed by atoms with Crippen LogP contribution < -0.4 is 11.1 Å². The maximum Gasteiger partial charge on any atom is 0.270 e. The van der Waals surface area contributed by atoms with E-state index in [-0.39, 0.29) is 11.4 Å². The van der Waals surface area contributed by atoms with E-state index < -0.39 is 5.91 Å². The molecule has 1 heterocycles. The molecule has 4 fully saturated rings. The molecule has 5 heteroatoms. The molecule has 4 aliphatic carbocycles. The molecule has 0 spiro atoms. The molecule has 4 bridgehead atoms. The summed E-state index contributed by atoms with van der Waals surface area (Å²) < 4.78 is 0. The summed E-state index contributed by atoms with van der Waals surface area (Å²) in [6.07, 6.45) is 8.76. The highest BCUT2D eigenvalue weighted by Crippen LogP contribution is 2.55. The van der Waals surface area contributed by atoms with Crippen molar-refractivity contribution in [1.29, 1.82) is 0 Å². The van der Waals surface area contributed by atoms with Gasteiger partial charge in [-0.05, 0) is 68.4 Å². The molecule has 3 N–H and O–H groups in total. The van der Waals surface area contributed by atoms with Gasteiger partial charge in [-0.25, -0.2) is 0 Å². The highest BCUT2D eigenvalue weighted by molar-refractivity contribution is 5.95. The molecule has 5 rings (SSSR count). The van der Waals surface area contributed by atoms with Gasteiger partial charge in [0.2, 0.25) is 5.91 Å². The largest absolute Gasteiger partial charge is 0.366 e. The zero-order valence-electron chi connectivity index (χ0n) is 12.5. The molecule has 0 aromatic carbocycles. The lowest BCUT2D eigenvalue weighted by Crippen LogP contribution is -2.59. The van der Waals surface area contributed by atoms with Gasteiger partial charge >= 0.3 is 0 Å². The number of carbonyl (C=O) groups excluding carboxylic acids is 2. The van der Waals surface area contributed by atoms with Crippen LogP contribution in [0.3, 0.4) is 0 Å². The SMILES string of the molecule is NC(=O)c1ccc(C(=O)NC23CC4CC(CC(C4)C2)C3)nc1. The second kappa shape index (κ2) is 4.80. The average molecular weight is 299 g/mol.